The van der Waals surface area contributed by atoms with Gasteiger partial charge in [-0.2, -0.15) is 0 Å². The minimum absolute atomic E-state index is 0.244. The van der Waals surface area contributed by atoms with E-state index in [-0.39, 0.29) is 6.03 Å². The van der Waals surface area contributed by atoms with Crippen LogP contribution in [0, 0.1) is 0 Å². The molecule has 9 nitrogen and oxygen atoms in total. The Balaban J connectivity index is 0.000000177. The monoisotopic (exact) mass is 548 g/mol. The van der Waals surface area contributed by atoms with Gasteiger partial charge >= 0.3 is 6.03 Å². The molecule has 0 radical (unpaired) electrons. The maximum Gasteiger partial charge on any atom is 0.327 e. The summed E-state index contributed by atoms with van der Waals surface area (Å²) in [5, 5.41) is 5.95. The van der Waals surface area contributed by atoms with Gasteiger partial charge in [-0.25, -0.2) is 14.8 Å². The van der Waals surface area contributed by atoms with E-state index >= 15 is 0 Å². The van der Waals surface area contributed by atoms with Gasteiger partial charge in [0.2, 0.25) is 0 Å². The molecule has 3 aromatic heterocycles. The molecular formula is C20H18Br2N6O3. The molecule has 0 saturated heterocycles. The number of aromatic nitrogens is 3. The molecule has 5 heterocycles. The summed E-state index contributed by atoms with van der Waals surface area (Å²) >= 11 is 6.58. The number of rotatable bonds is 1. The molecule has 3 aromatic rings. The van der Waals surface area contributed by atoms with Crippen LogP contribution in [0.15, 0.2) is 58.0 Å². The predicted octanol–water partition coefficient (Wildman–Crippen LogP) is 4.32. The van der Waals surface area contributed by atoms with Crippen molar-refractivity contribution in [3.05, 3.63) is 58.0 Å². The summed E-state index contributed by atoms with van der Waals surface area (Å²) in [4.78, 5) is 26.3. The van der Waals surface area contributed by atoms with E-state index in [2.05, 4.69) is 57.4 Å². The molecule has 0 fully saturated rings. The van der Waals surface area contributed by atoms with Crippen LogP contribution >= 0.6 is 31.9 Å². The number of carbonyl (C=O) groups is 1. The Labute approximate surface area is 195 Å². The van der Waals surface area contributed by atoms with Gasteiger partial charge in [0, 0.05) is 18.1 Å². The van der Waals surface area contributed by atoms with Gasteiger partial charge in [-0.15, -0.1) is 0 Å². The van der Waals surface area contributed by atoms with Crippen LogP contribution in [-0.2, 0) is 0 Å². The standard InChI is InChI=1S/C13H11BrN4O2.C7H7BrN2O/c14-11-2-1-10-12(17-11)18(7-8-20-10)13(19)16-9-3-5-15-6-4-9;8-6-2-1-5-7(10-6)9-3-4-11-5/h1-6H,7-8H2,(H,15,16,19);1-2H,3-4H2,(H,9,10). The van der Waals surface area contributed by atoms with E-state index in [1.807, 2.05) is 12.1 Å². The molecule has 2 amide bonds. The fourth-order valence-corrected chi connectivity index (χ4v) is 3.50. The number of hydrogen-bond donors (Lipinski definition) is 2. The molecule has 0 saturated carbocycles. The molecule has 2 aliphatic rings. The highest BCUT2D eigenvalue weighted by atomic mass is 79.9. The van der Waals surface area contributed by atoms with Crippen molar-refractivity contribution in [3.8, 4) is 11.5 Å². The highest BCUT2D eigenvalue weighted by Crippen LogP contribution is 2.31. The average Bonchev–Trinajstić information content (AvgIpc) is 2.79. The largest absolute Gasteiger partial charge is 0.488 e. The Morgan fingerprint density at radius 2 is 1.68 bits per heavy atom. The first-order valence-electron chi connectivity index (χ1n) is 9.41. The Morgan fingerprint density at radius 3 is 2.48 bits per heavy atom. The lowest BCUT2D eigenvalue weighted by Gasteiger charge is -2.28. The molecule has 0 atom stereocenters. The molecule has 2 N–H and O–H groups in total. The summed E-state index contributed by atoms with van der Waals surface area (Å²) in [6.07, 6.45) is 3.25. The van der Waals surface area contributed by atoms with E-state index in [0.717, 1.165) is 29.3 Å². The van der Waals surface area contributed by atoms with Crippen LogP contribution in [0.5, 0.6) is 11.5 Å². The van der Waals surface area contributed by atoms with Crippen molar-refractivity contribution < 1.29 is 14.3 Å². The summed E-state index contributed by atoms with van der Waals surface area (Å²) in [6.45, 7) is 2.44. The normalized spacial score (nSPS) is 13.8. The van der Waals surface area contributed by atoms with Gasteiger partial charge in [-0.3, -0.25) is 9.88 Å². The van der Waals surface area contributed by atoms with E-state index in [4.69, 9.17) is 9.47 Å². The zero-order valence-electron chi connectivity index (χ0n) is 16.2. The number of halogens is 2. The molecule has 0 aliphatic carbocycles. The molecule has 5 rings (SSSR count). The molecule has 0 spiro atoms. The summed E-state index contributed by atoms with van der Waals surface area (Å²) in [6, 6.07) is 10.6. The highest BCUT2D eigenvalue weighted by molar-refractivity contribution is 9.10. The van der Waals surface area contributed by atoms with E-state index < -0.39 is 0 Å². The second-order valence-corrected chi connectivity index (χ2v) is 8.00. The number of anilines is 3. The number of pyridine rings is 3. The van der Waals surface area contributed by atoms with Gasteiger partial charge < -0.3 is 20.1 Å². The first-order valence-corrected chi connectivity index (χ1v) is 11.0. The highest BCUT2D eigenvalue weighted by Gasteiger charge is 2.25. The Morgan fingerprint density at radius 1 is 0.968 bits per heavy atom. The van der Waals surface area contributed by atoms with E-state index in [0.29, 0.717) is 35.0 Å². The fourth-order valence-electron chi connectivity index (χ4n) is 2.89. The minimum Gasteiger partial charge on any atom is -0.488 e. The first kappa shape index (κ1) is 21.3. The number of nitrogens with zero attached hydrogens (tertiary/aromatic N) is 4. The van der Waals surface area contributed by atoms with Crippen LogP contribution in [0.2, 0.25) is 0 Å². The minimum atomic E-state index is -0.244. The van der Waals surface area contributed by atoms with E-state index in [9.17, 15) is 4.79 Å². The van der Waals surface area contributed by atoms with Crippen molar-refractivity contribution in [2.24, 2.45) is 0 Å². The summed E-state index contributed by atoms with van der Waals surface area (Å²) < 4.78 is 12.3. The smallest absolute Gasteiger partial charge is 0.327 e. The van der Waals surface area contributed by atoms with Gasteiger partial charge in [-0.1, -0.05) is 0 Å². The molecule has 11 heteroatoms. The zero-order valence-corrected chi connectivity index (χ0v) is 19.4. The molecule has 160 valence electrons. The summed E-state index contributed by atoms with van der Waals surface area (Å²) in [7, 11) is 0. The average molecular weight is 550 g/mol. The van der Waals surface area contributed by atoms with Gasteiger partial charge in [0.05, 0.1) is 13.1 Å². The summed E-state index contributed by atoms with van der Waals surface area (Å²) in [5.74, 6) is 2.77. The lowest BCUT2D eigenvalue weighted by Crippen LogP contribution is -2.41. The van der Waals surface area contributed by atoms with Gasteiger partial charge in [0.15, 0.2) is 23.1 Å². The third kappa shape index (κ3) is 5.42. The number of nitrogens with one attached hydrogen (secondary N) is 2. The van der Waals surface area contributed by atoms with E-state index in [1.54, 1.807) is 41.6 Å². The third-order valence-electron chi connectivity index (χ3n) is 4.29. The Bertz CT molecular complexity index is 1070. The van der Waals surface area contributed by atoms with Crippen molar-refractivity contribution in [1.29, 1.82) is 0 Å². The Hall–Kier alpha value is -2.92. The van der Waals surface area contributed by atoms with Gasteiger partial charge in [0.1, 0.15) is 22.4 Å². The van der Waals surface area contributed by atoms with Gasteiger partial charge in [0.25, 0.3) is 0 Å². The number of hydrogen-bond acceptors (Lipinski definition) is 7. The second-order valence-electron chi connectivity index (χ2n) is 6.38. The van der Waals surface area contributed by atoms with Crippen molar-refractivity contribution >= 4 is 55.2 Å². The van der Waals surface area contributed by atoms with Crippen LogP contribution < -0.4 is 25.0 Å². The van der Waals surface area contributed by atoms with Gasteiger partial charge in [-0.05, 0) is 68.3 Å². The van der Waals surface area contributed by atoms with Crippen molar-refractivity contribution in [3.63, 3.8) is 0 Å². The van der Waals surface area contributed by atoms with Crippen LogP contribution in [-0.4, -0.2) is 47.3 Å². The maximum absolute atomic E-state index is 12.3. The lowest BCUT2D eigenvalue weighted by molar-refractivity contribution is 0.249. The number of urea groups is 1. The van der Waals surface area contributed by atoms with Crippen LogP contribution in [0.25, 0.3) is 0 Å². The van der Waals surface area contributed by atoms with Crippen LogP contribution in [0.1, 0.15) is 0 Å². The number of carbonyl (C=O) groups excluding carboxylic acids is 1. The van der Waals surface area contributed by atoms with Crippen LogP contribution in [0.4, 0.5) is 22.1 Å². The fraction of sp³-hybridized carbons (Fsp3) is 0.200. The quantitative estimate of drug-likeness (QED) is 0.436. The molecule has 0 bridgehead atoms. The molecular weight excluding hydrogens is 532 g/mol. The first-order chi connectivity index (χ1) is 15.1. The van der Waals surface area contributed by atoms with Crippen molar-refractivity contribution in [2.75, 3.05) is 41.8 Å². The SMILES string of the molecule is Brc1ccc2c(n1)NCCO2.O=C(Nc1ccncc1)N1CCOc2ccc(Br)nc21. The lowest BCUT2D eigenvalue weighted by atomic mass is 10.3. The van der Waals surface area contributed by atoms with E-state index in [1.165, 1.54) is 0 Å². The molecule has 0 unspecified atom stereocenters. The zero-order chi connectivity index (χ0) is 21.6. The molecule has 0 aromatic carbocycles. The molecule has 31 heavy (non-hydrogen) atoms. The number of amides is 2. The van der Waals surface area contributed by atoms with Crippen LogP contribution in [0.3, 0.4) is 0 Å². The maximum atomic E-state index is 12.3. The second kappa shape index (κ2) is 9.92. The Kier molecular flexibility index (Phi) is 6.82. The van der Waals surface area contributed by atoms with Crippen molar-refractivity contribution in [2.45, 2.75) is 0 Å². The van der Waals surface area contributed by atoms with Crippen molar-refractivity contribution in [1.82, 2.24) is 15.0 Å². The summed E-state index contributed by atoms with van der Waals surface area (Å²) in [5.41, 5.74) is 0.688. The number of fused-ring (bicyclic) bond motifs is 2. The number of ether oxygens (including phenoxy) is 2. The third-order valence-corrected chi connectivity index (χ3v) is 5.17. The predicted molar refractivity (Wildman–Crippen MR) is 124 cm³/mol. The topological polar surface area (TPSA) is 102 Å². The molecule has 2 aliphatic heterocycles.